The van der Waals surface area contributed by atoms with E-state index in [4.69, 9.17) is 10.5 Å². The van der Waals surface area contributed by atoms with Gasteiger partial charge in [-0.2, -0.15) is 20.8 Å². The Balaban J connectivity index is 2.16. The van der Waals surface area contributed by atoms with Crippen LogP contribution in [0.15, 0.2) is 63.8 Å². The molecule has 1 aromatic heterocycles. The van der Waals surface area contributed by atoms with Crippen molar-refractivity contribution in [2.45, 2.75) is 10.9 Å². The molecule has 1 heterocycles. The van der Waals surface area contributed by atoms with Crippen LogP contribution in [0.1, 0.15) is 0 Å². The van der Waals surface area contributed by atoms with Gasteiger partial charge in [0.1, 0.15) is 18.0 Å². The molecule has 0 bridgehead atoms. The van der Waals surface area contributed by atoms with Crippen molar-refractivity contribution in [1.82, 2.24) is 4.98 Å². The minimum Gasteiger partial charge on any atom is -0.263 e. The van der Waals surface area contributed by atoms with Crippen molar-refractivity contribution in [3.63, 3.8) is 0 Å². The third-order valence-corrected chi connectivity index (χ3v) is 3.95. The highest BCUT2D eigenvalue weighted by molar-refractivity contribution is 7.92. The number of aromatic nitrogens is 1. The van der Waals surface area contributed by atoms with Crippen molar-refractivity contribution in [2.75, 3.05) is 4.72 Å². The van der Waals surface area contributed by atoms with Crippen molar-refractivity contribution in [3.8, 4) is 12.1 Å². The molecule has 0 atom stereocenters. The molecule has 1 N–H and O–H groups in total. The second-order valence-electron chi connectivity index (χ2n) is 4.19. The van der Waals surface area contributed by atoms with Gasteiger partial charge in [-0.1, -0.05) is 6.07 Å². The normalized spacial score (nSPS) is 11.1. The van der Waals surface area contributed by atoms with E-state index in [9.17, 15) is 8.42 Å². The highest BCUT2D eigenvalue weighted by Gasteiger charge is 2.14. The molecular weight excluding hydrogens is 316 g/mol. The molecule has 0 spiro atoms. The SMILES string of the molecule is N#CC(C#N)N=Nc1ccc(S(=O)(=O)Nc2ccccn2)cc1. The number of azo groups is 1. The number of rotatable bonds is 5. The van der Waals surface area contributed by atoms with Gasteiger partial charge in [0.25, 0.3) is 10.0 Å². The number of nitriles is 2. The van der Waals surface area contributed by atoms with Gasteiger partial charge in [-0.3, -0.25) is 4.72 Å². The monoisotopic (exact) mass is 326 g/mol. The van der Waals surface area contributed by atoms with Crippen LogP contribution in [0, 0.1) is 22.7 Å². The first-order chi connectivity index (χ1) is 11.0. The first kappa shape index (κ1) is 16.1. The quantitative estimate of drug-likeness (QED) is 0.842. The summed E-state index contributed by atoms with van der Waals surface area (Å²) in [6.07, 6.45) is 1.47. The number of nitrogens with one attached hydrogen (secondary N) is 1. The van der Waals surface area contributed by atoms with E-state index in [-0.39, 0.29) is 10.7 Å². The summed E-state index contributed by atoms with van der Waals surface area (Å²) < 4.78 is 26.7. The van der Waals surface area contributed by atoms with Crippen LogP contribution < -0.4 is 4.72 Å². The molecule has 0 amide bonds. The molecule has 0 aliphatic heterocycles. The van der Waals surface area contributed by atoms with Crippen molar-refractivity contribution in [2.24, 2.45) is 10.2 Å². The van der Waals surface area contributed by atoms with Crippen LogP contribution >= 0.6 is 0 Å². The van der Waals surface area contributed by atoms with E-state index in [1.165, 1.54) is 36.5 Å². The standard InChI is InChI=1S/C14H10N6O2S/c15-9-12(10-16)19-18-11-4-6-13(7-5-11)23(21,22)20-14-3-1-2-8-17-14/h1-8,12H,(H,17,20). The fourth-order valence-corrected chi connectivity index (χ4v) is 2.52. The van der Waals surface area contributed by atoms with Crippen LogP contribution in [0.2, 0.25) is 0 Å². The van der Waals surface area contributed by atoms with Crippen LogP contribution in [-0.4, -0.2) is 19.4 Å². The Morgan fingerprint density at radius 3 is 2.35 bits per heavy atom. The molecule has 9 heteroatoms. The average molecular weight is 326 g/mol. The van der Waals surface area contributed by atoms with Gasteiger partial charge in [-0.05, 0) is 36.4 Å². The molecule has 0 aliphatic rings. The van der Waals surface area contributed by atoms with Gasteiger partial charge in [-0.15, -0.1) is 0 Å². The fourth-order valence-electron chi connectivity index (χ4n) is 1.52. The summed E-state index contributed by atoms with van der Waals surface area (Å²) in [5, 5.41) is 24.4. The first-order valence-electron chi connectivity index (χ1n) is 6.29. The maximum atomic E-state index is 12.2. The Labute approximate surface area is 132 Å². The molecule has 0 unspecified atom stereocenters. The molecular formula is C14H10N6O2S. The molecule has 0 aliphatic carbocycles. The minimum atomic E-state index is -3.76. The molecule has 0 fully saturated rings. The van der Waals surface area contributed by atoms with Crippen molar-refractivity contribution >= 4 is 21.5 Å². The lowest BCUT2D eigenvalue weighted by atomic mass is 10.3. The summed E-state index contributed by atoms with van der Waals surface area (Å²) in [5.74, 6) is 0.210. The lowest BCUT2D eigenvalue weighted by Crippen LogP contribution is -2.13. The Hall–Kier alpha value is -3.30. The molecule has 0 saturated heterocycles. The Kier molecular flexibility index (Phi) is 4.97. The van der Waals surface area contributed by atoms with Gasteiger partial charge >= 0.3 is 0 Å². The third-order valence-electron chi connectivity index (χ3n) is 2.58. The number of pyridine rings is 1. The first-order valence-corrected chi connectivity index (χ1v) is 7.77. The summed E-state index contributed by atoms with van der Waals surface area (Å²) in [4.78, 5) is 3.92. The summed E-state index contributed by atoms with van der Waals surface area (Å²) in [5.41, 5.74) is 0.331. The maximum absolute atomic E-state index is 12.2. The summed E-state index contributed by atoms with van der Waals surface area (Å²) in [7, 11) is -3.76. The highest BCUT2D eigenvalue weighted by atomic mass is 32.2. The number of benzene rings is 1. The lowest BCUT2D eigenvalue weighted by Gasteiger charge is -2.06. The van der Waals surface area contributed by atoms with E-state index < -0.39 is 16.1 Å². The Morgan fingerprint density at radius 2 is 1.78 bits per heavy atom. The molecule has 0 radical (unpaired) electrons. The highest BCUT2D eigenvalue weighted by Crippen LogP contribution is 2.19. The summed E-state index contributed by atoms with van der Waals surface area (Å²) in [6, 6.07) is 12.5. The van der Waals surface area contributed by atoms with Gasteiger partial charge in [0.05, 0.1) is 10.6 Å². The molecule has 8 nitrogen and oxygen atoms in total. The lowest BCUT2D eigenvalue weighted by molar-refractivity contribution is 0.601. The Bertz CT molecular complexity index is 866. The molecule has 0 saturated carbocycles. The average Bonchev–Trinajstić information content (AvgIpc) is 2.57. The van der Waals surface area contributed by atoms with Gasteiger partial charge in [0.2, 0.25) is 6.04 Å². The zero-order chi connectivity index (χ0) is 16.7. The van der Waals surface area contributed by atoms with Crippen molar-refractivity contribution in [3.05, 3.63) is 48.7 Å². The van der Waals surface area contributed by atoms with Gasteiger partial charge in [0, 0.05) is 6.20 Å². The maximum Gasteiger partial charge on any atom is 0.263 e. The van der Waals surface area contributed by atoms with E-state index in [2.05, 4.69) is 19.9 Å². The molecule has 1 aromatic carbocycles. The predicted octanol–water partition coefficient (Wildman–Crippen LogP) is 2.38. The second kappa shape index (κ2) is 7.11. The minimum absolute atomic E-state index is 0.0271. The van der Waals surface area contributed by atoms with Crippen molar-refractivity contribution < 1.29 is 8.42 Å². The summed E-state index contributed by atoms with van der Waals surface area (Å²) >= 11 is 0. The number of sulfonamides is 1. The van der Waals surface area contributed by atoms with E-state index in [0.717, 1.165) is 0 Å². The van der Waals surface area contributed by atoms with Crippen LogP contribution in [0.3, 0.4) is 0 Å². The molecule has 2 rings (SSSR count). The number of hydrogen-bond acceptors (Lipinski definition) is 7. The molecule has 2 aromatic rings. The molecule has 23 heavy (non-hydrogen) atoms. The van der Waals surface area contributed by atoms with E-state index in [1.807, 2.05) is 0 Å². The largest absolute Gasteiger partial charge is 0.263 e. The number of nitrogens with zero attached hydrogens (tertiary/aromatic N) is 5. The third kappa shape index (κ3) is 4.33. The van der Waals surface area contributed by atoms with E-state index in [0.29, 0.717) is 5.69 Å². The molecule has 114 valence electrons. The van der Waals surface area contributed by atoms with Gasteiger partial charge in [-0.25, -0.2) is 13.4 Å². The predicted molar refractivity (Wildman–Crippen MR) is 81.0 cm³/mol. The number of anilines is 1. The van der Waals surface area contributed by atoms with E-state index >= 15 is 0 Å². The van der Waals surface area contributed by atoms with Crippen LogP contribution in [-0.2, 0) is 10.0 Å². The second-order valence-corrected chi connectivity index (χ2v) is 5.87. The van der Waals surface area contributed by atoms with Gasteiger partial charge < -0.3 is 0 Å². The zero-order valence-corrected chi connectivity index (χ0v) is 12.5. The number of hydrogen-bond donors (Lipinski definition) is 1. The van der Waals surface area contributed by atoms with Crippen LogP contribution in [0.5, 0.6) is 0 Å². The zero-order valence-electron chi connectivity index (χ0n) is 11.7. The topological polar surface area (TPSA) is 131 Å². The fraction of sp³-hybridized carbons (Fsp3) is 0.0714. The van der Waals surface area contributed by atoms with Crippen LogP contribution in [0.4, 0.5) is 11.5 Å². The smallest absolute Gasteiger partial charge is 0.263 e. The van der Waals surface area contributed by atoms with E-state index in [1.54, 1.807) is 24.3 Å². The van der Waals surface area contributed by atoms with Gasteiger partial charge in [0.15, 0.2) is 0 Å². The Morgan fingerprint density at radius 1 is 1.09 bits per heavy atom. The van der Waals surface area contributed by atoms with Crippen LogP contribution in [0.25, 0.3) is 0 Å². The summed E-state index contributed by atoms with van der Waals surface area (Å²) in [6.45, 7) is 0. The van der Waals surface area contributed by atoms with Crippen molar-refractivity contribution in [1.29, 1.82) is 10.5 Å².